The summed E-state index contributed by atoms with van der Waals surface area (Å²) in [5.74, 6) is -4.70. The first-order valence-electron chi connectivity index (χ1n) is 17.0. The number of aliphatic hydroxyl groups is 1. The maximum Gasteiger partial charge on any atom is 0.459 e. The number of amides is 2. The van der Waals surface area contributed by atoms with E-state index < -0.39 is 68.9 Å². The minimum Gasteiger partial charge on any atom is -0.444 e. The number of anilines is 1. The van der Waals surface area contributed by atoms with Crippen molar-refractivity contribution >= 4 is 25.6 Å². The number of hydrogen-bond acceptors (Lipinski definition) is 12. The van der Waals surface area contributed by atoms with Crippen molar-refractivity contribution in [2.75, 3.05) is 25.5 Å². The first-order chi connectivity index (χ1) is 26.4. The molecule has 2 aliphatic rings. The van der Waals surface area contributed by atoms with Gasteiger partial charge in [-0.3, -0.25) is 19.2 Å². The summed E-state index contributed by atoms with van der Waals surface area (Å²) in [6.45, 7) is -3.08. The molecule has 2 aliphatic heterocycles. The van der Waals surface area contributed by atoms with Crippen LogP contribution in [0.15, 0.2) is 108 Å². The molecule has 6 rings (SSSR count). The van der Waals surface area contributed by atoms with Gasteiger partial charge in [-0.1, -0.05) is 78.9 Å². The molecule has 4 aromatic rings. The van der Waals surface area contributed by atoms with E-state index in [0.717, 1.165) is 12.3 Å². The van der Waals surface area contributed by atoms with Crippen LogP contribution in [0.2, 0.25) is 0 Å². The van der Waals surface area contributed by atoms with Gasteiger partial charge in [0, 0.05) is 19.8 Å². The molecule has 2 amide bonds. The lowest BCUT2D eigenvalue weighted by Crippen LogP contribution is -2.46. The number of halogens is 2. The molecule has 2 fully saturated rings. The lowest BCUT2D eigenvalue weighted by molar-refractivity contribution is -0.313. The predicted octanol–water partition coefficient (Wildman–Crippen LogP) is 4.43. The van der Waals surface area contributed by atoms with Gasteiger partial charge in [0.25, 0.3) is 6.48 Å². The molecule has 0 aliphatic carbocycles. The summed E-state index contributed by atoms with van der Waals surface area (Å²) in [7, 11) is -2.95. The Bertz CT molecular complexity index is 2020. The number of aromatic nitrogens is 2. The molecular formula is C36H38F2N5O11P. The number of aliphatic hydroxyl groups excluding tert-OH is 1. The molecule has 55 heavy (non-hydrogen) atoms. The SMILES string of the molecule is CN1CCC(NP(=O)(OCC2OC(n3ccc(NC(=O)OCc4ccccc4)nc3=O)C(F)(F)C2OC(O)OCc2ccccc2)Oc2ccccc2)C1=O. The van der Waals surface area contributed by atoms with Gasteiger partial charge in [-0.05, 0) is 35.7 Å². The Labute approximate surface area is 313 Å². The van der Waals surface area contributed by atoms with E-state index in [2.05, 4.69) is 15.4 Å². The number of ether oxygens (including phenoxy) is 4. The van der Waals surface area contributed by atoms with Gasteiger partial charge in [0.1, 0.15) is 24.3 Å². The molecule has 292 valence electrons. The van der Waals surface area contributed by atoms with Crippen molar-refractivity contribution in [2.24, 2.45) is 0 Å². The molecule has 3 aromatic carbocycles. The fourth-order valence-corrected chi connectivity index (χ4v) is 7.26. The number of nitrogens with one attached hydrogen (secondary N) is 2. The highest BCUT2D eigenvalue weighted by Gasteiger charge is 2.62. The topological polar surface area (TPSA) is 189 Å². The number of para-hydroxylation sites is 1. The van der Waals surface area contributed by atoms with Gasteiger partial charge < -0.3 is 33.5 Å². The van der Waals surface area contributed by atoms with Crippen molar-refractivity contribution in [3.63, 3.8) is 0 Å². The number of likely N-dealkylation sites (N-methyl/N-ethyl adjacent to an activating group) is 1. The lowest BCUT2D eigenvalue weighted by Gasteiger charge is -2.27. The number of carbonyl (C=O) groups is 2. The van der Waals surface area contributed by atoms with Gasteiger partial charge in [0.05, 0.1) is 19.3 Å². The Morgan fingerprint density at radius 1 is 1.00 bits per heavy atom. The third-order valence-corrected chi connectivity index (χ3v) is 10.1. The van der Waals surface area contributed by atoms with Crippen LogP contribution in [-0.2, 0) is 46.0 Å². The average molecular weight is 786 g/mol. The summed E-state index contributed by atoms with van der Waals surface area (Å²) in [6, 6.07) is 25.2. The fraction of sp³-hybridized carbons (Fsp3) is 0.333. The molecule has 2 saturated heterocycles. The number of hydrogen-bond donors (Lipinski definition) is 3. The molecule has 3 N–H and O–H groups in total. The van der Waals surface area contributed by atoms with E-state index in [0.29, 0.717) is 22.2 Å². The normalized spacial score (nSPS) is 22.2. The van der Waals surface area contributed by atoms with E-state index in [1.54, 1.807) is 85.9 Å². The van der Waals surface area contributed by atoms with Gasteiger partial charge in [-0.25, -0.2) is 14.2 Å². The van der Waals surface area contributed by atoms with E-state index in [-0.39, 0.29) is 31.2 Å². The summed E-state index contributed by atoms with van der Waals surface area (Å²) in [5.41, 5.74) is 0.0473. The van der Waals surface area contributed by atoms with Crippen LogP contribution >= 0.6 is 7.75 Å². The molecule has 0 saturated carbocycles. The Morgan fingerprint density at radius 3 is 2.25 bits per heavy atom. The molecule has 19 heteroatoms. The maximum atomic E-state index is 16.4. The van der Waals surface area contributed by atoms with E-state index in [9.17, 15) is 24.1 Å². The first kappa shape index (κ1) is 39.6. The van der Waals surface area contributed by atoms with Crippen molar-refractivity contribution in [3.05, 3.63) is 125 Å². The van der Waals surface area contributed by atoms with Crippen LogP contribution in [0.5, 0.6) is 5.75 Å². The summed E-state index contributed by atoms with van der Waals surface area (Å²) in [6.07, 6.45) is -6.39. The molecule has 1 aromatic heterocycles. The highest BCUT2D eigenvalue weighted by Crippen LogP contribution is 2.49. The molecule has 0 bridgehead atoms. The van der Waals surface area contributed by atoms with Gasteiger partial charge in [-0.2, -0.15) is 18.9 Å². The molecule has 6 atom stereocenters. The smallest absolute Gasteiger partial charge is 0.444 e. The fourth-order valence-electron chi connectivity index (χ4n) is 5.72. The van der Waals surface area contributed by atoms with Gasteiger partial charge in [0.15, 0.2) is 6.10 Å². The quantitative estimate of drug-likeness (QED) is 0.107. The van der Waals surface area contributed by atoms with Crippen LogP contribution in [-0.4, -0.2) is 82.4 Å². The van der Waals surface area contributed by atoms with Crippen molar-refractivity contribution < 1.29 is 56.0 Å². The molecule has 6 unspecified atom stereocenters. The number of nitrogens with zero attached hydrogens (tertiary/aromatic N) is 3. The van der Waals surface area contributed by atoms with Crippen LogP contribution in [0.1, 0.15) is 23.8 Å². The summed E-state index contributed by atoms with van der Waals surface area (Å²) >= 11 is 0. The van der Waals surface area contributed by atoms with Crippen LogP contribution in [0.4, 0.5) is 19.4 Å². The zero-order chi connectivity index (χ0) is 39.0. The predicted molar refractivity (Wildman–Crippen MR) is 190 cm³/mol. The number of alkyl halides is 2. The molecule has 3 heterocycles. The monoisotopic (exact) mass is 785 g/mol. The second-order valence-corrected chi connectivity index (χ2v) is 14.2. The zero-order valence-corrected chi connectivity index (χ0v) is 30.2. The third kappa shape index (κ3) is 10.2. The average Bonchev–Trinajstić information content (AvgIpc) is 3.62. The number of likely N-dealkylation sites (tertiary alicyclic amines) is 1. The number of benzene rings is 3. The Balaban J connectivity index is 1.21. The van der Waals surface area contributed by atoms with Crippen LogP contribution in [0, 0.1) is 0 Å². The van der Waals surface area contributed by atoms with Crippen LogP contribution in [0.3, 0.4) is 0 Å². The van der Waals surface area contributed by atoms with E-state index >= 15 is 8.78 Å². The lowest BCUT2D eigenvalue weighted by atomic mass is 10.1. The van der Waals surface area contributed by atoms with Crippen LogP contribution < -0.4 is 20.6 Å². The Kier molecular flexibility index (Phi) is 12.7. The van der Waals surface area contributed by atoms with E-state index in [1.165, 1.54) is 17.0 Å². The highest BCUT2D eigenvalue weighted by atomic mass is 31.2. The number of carbonyl (C=O) groups excluding carboxylic acids is 2. The summed E-state index contributed by atoms with van der Waals surface area (Å²) < 4.78 is 80.0. The molecule has 16 nitrogen and oxygen atoms in total. The third-order valence-electron chi connectivity index (χ3n) is 8.49. The summed E-state index contributed by atoms with van der Waals surface area (Å²) in [4.78, 5) is 43.3. The van der Waals surface area contributed by atoms with Crippen LogP contribution in [0.25, 0.3) is 0 Å². The van der Waals surface area contributed by atoms with Crippen molar-refractivity contribution in [3.8, 4) is 5.75 Å². The minimum absolute atomic E-state index is 0.0789. The highest BCUT2D eigenvalue weighted by molar-refractivity contribution is 7.52. The molecule has 0 radical (unpaired) electrons. The van der Waals surface area contributed by atoms with Gasteiger partial charge >= 0.3 is 25.5 Å². The van der Waals surface area contributed by atoms with Gasteiger partial charge in [0.2, 0.25) is 12.1 Å². The Morgan fingerprint density at radius 2 is 1.64 bits per heavy atom. The molecular weight excluding hydrogens is 747 g/mol. The Hall–Kier alpha value is -5.07. The standard InChI is InChI=1S/C36H38F2N5O11P/c1-42-19-17-27(31(42)44)41-55(48,54-26-15-9-4-10-16-26)51-23-28-30(53-35(47)50-22-25-13-7-3-8-14-25)36(37,38)32(52-28)43-20-18-29(39-33(43)45)40-34(46)49-21-24-11-5-2-6-12-24/h2-16,18,20,27-28,30,32,35,47H,17,19,21-23H2,1H3,(H,41,48)(H,39,40,45,46). The number of rotatable bonds is 16. The van der Waals surface area contributed by atoms with Crippen molar-refractivity contribution in [1.82, 2.24) is 19.5 Å². The minimum atomic E-state index is -4.51. The van der Waals surface area contributed by atoms with Gasteiger partial charge in [-0.15, -0.1) is 0 Å². The summed E-state index contributed by atoms with van der Waals surface area (Å²) in [5, 5.41) is 15.5. The van der Waals surface area contributed by atoms with E-state index in [4.69, 9.17) is 28.0 Å². The zero-order valence-electron chi connectivity index (χ0n) is 29.3. The largest absolute Gasteiger partial charge is 0.459 e. The first-order valence-corrected chi connectivity index (χ1v) is 18.6. The molecule has 0 spiro atoms. The van der Waals surface area contributed by atoms with Crippen molar-refractivity contribution in [2.45, 2.75) is 56.5 Å². The van der Waals surface area contributed by atoms with Crippen molar-refractivity contribution in [1.29, 1.82) is 0 Å². The van der Waals surface area contributed by atoms with E-state index in [1.807, 2.05) is 0 Å². The second-order valence-electron chi connectivity index (χ2n) is 12.5. The second kappa shape index (κ2) is 17.6. The maximum absolute atomic E-state index is 16.4.